The van der Waals surface area contributed by atoms with Gasteiger partial charge in [0.2, 0.25) is 0 Å². The molecule has 1 aliphatic heterocycles. The highest BCUT2D eigenvalue weighted by atomic mass is 79.9. The molecule has 4 nitrogen and oxygen atoms in total. The quantitative estimate of drug-likeness (QED) is 0.563. The van der Waals surface area contributed by atoms with Crippen molar-refractivity contribution >= 4 is 51.5 Å². The Morgan fingerprint density at radius 3 is 2.00 bits per heavy atom. The Kier molecular flexibility index (Phi) is 6.42. The maximum atomic E-state index is 12.3. The van der Waals surface area contributed by atoms with Gasteiger partial charge >= 0.3 is 0 Å². The average molecular weight is 468 g/mol. The second-order valence-electron chi connectivity index (χ2n) is 6.91. The van der Waals surface area contributed by atoms with Gasteiger partial charge in [-0.1, -0.05) is 31.9 Å². The first-order chi connectivity index (χ1) is 9.39. The number of halogens is 2. The summed E-state index contributed by atoms with van der Waals surface area (Å²) in [6.45, 7) is 5.10. The highest BCUT2D eigenvalue weighted by molar-refractivity contribution is 9.09. The van der Waals surface area contributed by atoms with Gasteiger partial charge in [-0.05, 0) is 44.9 Å². The van der Waals surface area contributed by atoms with E-state index in [0.29, 0.717) is 23.5 Å². The molecule has 8 heteroatoms. The SMILES string of the molecule is CC(C)(C)S(=O)(=O)CCC(CBr)(CBr)C1CCS(=O)(=O)C1. The van der Waals surface area contributed by atoms with Gasteiger partial charge in [0.05, 0.1) is 22.0 Å². The Labute approximate surface area is 145 Å². The lowest BCUT2D eigenvalue weighted by molar-refractivity contribution is 0.246. The van der Waals surface area contributed by atoms with E-state index in [9.17, 15) is 16.8 Å². The molecule has 1 saturated heterocycles. The fraction of sp³-hybridized carbons (Fsp3) is 1.00. The van der Waals surface area contributed by atoms with Crippen molar-refractivity contribution in [2.45, 2.75) is 38.4 Å². The minimum atomic E-state index is -3.20. The number of hydrogen-bond donors (Lipinski definition) is 0. The van der Waals surface area contributed by atoms with Crippen molar-refractivity contribution < 1.29 is 16.8 Å². The van der Waals surface area contributed by atoms with Crippen LogP contribution in [-0.4, -0.2) is 49.5 Å². The van der Waals surface area contributed by atoms with Crippen molar-refractivity contribution in [3.05, 3.63) is 0 Å². The lowest BCUT2D eigenvalue weighted by atomic mass is 9.76. The first-order valence-corrected chi connectivity index (χ1v) is 12.7. The van der Waals surface area contributed by atoms with Gasteiger partial charge in [0.1, 0.15) is 0 Å². The molecule has 0 aromatic carbocycles. The minimum Gasteiger partial charge on any atom is -0.229 e. The van der Waals surface area contributed by atoms with Crippen LogP contribution in [0.5, 0.6) is 0 Å². The smallest absolute Gasteiger partial charge is 0.155 e. The average Bonchev–Trinajstić information content (AvgIpc) is 2.71. The molecule has 21 heavy (non-hydrogen) atoms. The zero-order valence-corrected chi connectivity index (χ0v) is 17.5. The van der Waals surface area contributed by atoms with Crippen LogP contribution >= 0.6 is 31.9 Å². The van der Waals surface area contributed by atoms with Crippen molar-refractivity contribution in [2.24, 2.45) is 11.3 Å². The van der Waals surface area contributed by atoms with Crippen LogP contribution in [0, 0.1) is 11.3 Å². The summed E-state index contributed by atoms with van der Waals surface area (Å²) in [7, 11) is -6.17. The normalized spacial score (nSPS) is 23.4. The van der Waals surface area contributed by atoms with Gasteiger partial charge in [-0.2, -0.15) is 0 Å². The van der Waals surface area contributed by atoms with Crippen LogP contribution in [0.4, 0.5) is 0 Å². The van der Waals surface area contributed by atoms with Crippen molar-refractivity contribution in [3.63, 3.8) is 0 Å². The Bertz CT molecular complexity index is 557. The lowest BCUT2D eigenvalue weighted by Gasteiger charge is -2.36. The highest BCUT2D eigenvalue weighted by Crippen LogP contribution is 2.42. The highest BCUT2D eigenvalue weighted by Gasteiger charge is 2.44. The molecule has 0 saturated carbocycles. The van der Waals surface area contributed by atoms with Crippen molar-refractivity contribution in [1.29, 1.82) is 0 Å². The van der Waals surface area contributed by atoms with Crippen molar-refractivity contribution in [1.82, 2.24) is 0 Å². The summed E-state index contributed by atoms with van der Waals surface area (Å²) in [5, 5.41) is 1.20. The van der Waals surface area contributed by atoms with E-state index >= 15 is 0 Å². The fourth-order valence-corrected chi connectivity index (χ4v) is 8.15. The lowest BCUT2D eigenvalue weighted by Crippen LogP contribution is -2.39. The molecule has 0 amide bonds. The molecular weight excluding hydrogens is 444 g/mol. The zero-order valence-electron chi connectivity index (χ0n) is 12.7. The van der Waals surface area contributed by atoms with E-state index in [4.69, 9.17) is 0 Å². The summed E-state index contributed by atoms with van der Waals surface area (Å²) in [6.07, 6.45) is 1.10. The molecular formula is C13H24Br2O4S2. The summed E-state index contributed by atoms with van der Waals surface area (Å²) in [5.74, 6) is 0.478. The standard InChI is InChI=1S/C13H24Br2O4S2/c1-12(2,3)21(18,19)7-5-13(9-14,10-15)11-4-6-20(16,17)8-11/h11H,4-10H2,1-3H3. The molecule has 0 N–H and O–H groups in total. The molecule has 0 aliphatic carbocycles. The van der Waals surface area contributed by atoms with E-state index in [2.05, 4.69) is 31.9 Å². The summed E-state index contributed by atoms with van der Waals surface area (Å²) >= 11 is 6.96. The first kappa shape index (κ1) is 19.9. The first-order valence-electron chi connectivity index (χ1n) is 6.94. The van der Waals surface area contributed by atoms with Gasteiger partial charge in [0.25, 0.3) is 0 Å². The Hall–Kier alpha value is 0.860. The molecule has 0 aromatic heterocycles. The fourth-order valence-electron chi connectivity index (χ4n) is 2.51. The summed E-state index contributed by atoms with van der Waals surface area (Å²) in [6, 6.07) is 0. The van der Waals surface area contributed by atoms with Gasteiger partial charge in [0.15, 0.2) is 19.7 Å². The van der Waals surface area contributed by atoms with E-state index < -0.39 is 24.4 Å². The molecule has 126 valence electrons. The van der Waals surface area contributed by atoms with E-state index in [1.165, 1.54) is 0 Å². The molecule has 1 atom stereocenters. The maximum Gasteiger partial charge on any atom is 0.155 e. The molecule has 0 spiro atoms. The van der Waals surface area contributed by atoms with Gasteiger partial charge in [-0.15, -0.1) is 0 Å². The topological polar surface area (TPSA) is 68.3 Å². The van der Waals surface area contributed by atoms with Crippen LogP contribution < -0.4 is 0 Å². The van der Waals surface area contributed by atoms with E-state index in [0.717, 1.165) is 0 Å². The molecule has 0 bridgehead atoms. The second-order valence-corrected chi connectivity index (χ2v) is 13.1. The third-order valence-corrected chi connectivity index (χ3v) is 11.0. The maximum absolute atomic E-state index is 12.3. The number of hydrogen-bond acceptors (Lipinski definition) is 4. The number of rotatable bonds is 6. The van der Waals surface area contributed by atoms with Crippen LogP contribution in [-0.2, 0) is 19.7 Å². The van der Waals surface area contributed by atoms with Crippen LogP contribution in [0.25, 0.3) is 0 Å². The second kappa shape index (κ2) is 6.77. The minimum absolute atomic E-state index is 0.0106. The predicted molar refractivity (Wildman–Crippen MR) is 94.9 cm³/mol. The van der Waals surface area contributed by atoms with Crippen LogP contribution in [0.1, 0.15) is 33.6 Å². The van der Waals surface area contributed by atoms with Crippen LogP contribution in [0.2, 0.25) is 0 Å². The monoisotopic (exact) mass is 466 g/mol. The third kappa shape index (κ3) is 4.67. The van der Waals surface area contributed by atoms with Gasteiger partial charge < -0.3 is 0 Å². The van der Waals surface area contributed by atoms with Crippen molar-refractivity contribution in [2.75, 3.05) is 27.9 Å². The van der Waals surface area contributed by atoms with Crippen LogP contribution in [0.15, 0.2) is 0 Å². The predicted octanol–water partition coefficient (Wildman–Crippen LogP) is 2.80. The molecule has 0 radical (unpaired) electrons. The van der Waals surface area contributed by atoms with Gasteiger partial charge in [-0.25, -0.2) is 16.8 Å². The van der Waals surface area contributed by atoms with E-state index in [1.54, 1.807) is 20.8 Å². The number of alkyl halides is 2. The molecule has 1 fully saturated rings. The third-order valence-electron chi connectivity index (χ3n) is 4.43. The van der Waals surface area contributed by atoms with Crippen molar-refractivity contribution in [3.8, 4) is 0 Å². The Morgan fingerprint density at radius 2 is 1.67 bits per heavy atom. The summed E-state index contributed by atoms with van der Waals surface area (Å²) in [5.41, 5.74) is -0.331. The zero-order chi connectivity index (χ0) is 16.5. The largest absolute Gasteiger partial charge is 0.229 e. The molecule has 1 rings (SSSR count). The van der Waals surface area contributed by atoms with Gasteiger partial charge in [0, 0.05) is 10.7 Å². The molecule has 1 heterocycles. The Balaban J connectivity index is 2.93. The van der Waals surface area contributed by atoms with Gasteiger partial charge in [-0.3, -0.25) is 0 Å². The van der Waals surface area contributed by atoms with Crippen LogP contribution in [0.3, 0.4) is 0 Å². The van der Waals surface area contributed by atoms with E-state index in [1.807, 2.05) is 0 Å². The van der Waals surface area contributed by atoms with E-state index in [-0.39, 0.29) is 28.6 Å². The number of sulfone groups is 2. The molecule has 0 aromatic rings. The molecule has 1 unspecified atom stereocenters. The summed E-state index contributed by atoms with van der Waals surface area (Å²) in [4.78, 5) is 0. The molecule has 1 aliphatic rings. The summed E-state index contributed by atoms with van der Waals surface area (Å²) < 4.78 is 47.3. The Morgan fingerprint density at radius 1 is 1.14 bits per heavy atom.